The lowest BCUT2D eigenvalue weighted by molar-refractivity contribution is 0.339. The van der Waals surface area contributed by atoms with Gasteiger partial charge in [0, 0.05) is 0 Å². The van der Waals surface area contributed by atoms with E-state index < -0.39 is 0 Å². The summed E-state index contributed by atoms with van der Waals surface area (Å²) >= 11 is 0. The molecule has 0 bridgehead atoms. The largest absolute Gasteiger partial charge is 0.493 e. The van der Waals surface area contributed by atoms with E-state index in [0.29, 0.717) is 18.5 Å². The van der Waals surface area contributed by atoms with Gasteiger partial charge in [0.05, 0.1) is 18.2 Å². The minimum atomic E-state index is 0.444. The van der Waals surface area contributed by atoms with Gasteiger partial charge in [-0.1, -0.05) is 12.1 Å². The molecule has 0 radical (unpaired) electrons. The van der Waals surface area contributed by atoms with Crippen LogP contribution in [0, 0.1) is 0 Å². The van der Waals surface area contributed by atoms with E-state index in [-0.39, 0.29) is 0 Å². The maximum Gasteiger partial charge on any atom is 0.130 e. The zero-order valence-electron chi connectivity index (χ0n) is 8.94. The molecule has 1 saturated carbocycles. The lowest BCUT2D eigenvalue weighted by atomic mass is 10.2. The maximum atomic E-state index is 5.94. The van der Waals surface area contributed by atoms with Crippen molar-refractivity contribution < 1.29 is 4.74 Å². The third kappa shape index (κ3) is 2.49. The molecule has 1 aliphatic carbocycles. The average molecular weight is 204 g/mol. The van der Waals surface area contributed by atoms with E-state index in [1.165, 1.54) is 0 Å². The molecule has 0 aromatic heterocycles. The molecular formula is C12H16N2O. The summed E-state index contributed by atoms with van der Waals surface area (Å²) in [6.45, 7) is 2.61. The SMILES string of the molecule is CCOc1ccccc1C(N)=NC1CC1. The summed E-state index contributed by atoms with van der Waals surface area (Å²) in [5.74, 6) is 1.42. The van der Waals surface area contributed by atoms with E-state index >= 15 is 0 Å². The number of hydrogen-bond acceptors (Lipinski definition) is 2. The molecule has 0 amide bonds. The number of rotatable bonds is 4. The van der Waals surface area contributed by atoms with Crippen LogP contribution in [0.25, 0.3) is 0 Å². The van der Waals surface area contributed by atoms with Crippen molar-refractivity contribution in [2.75, 3.05) is 6.61 Å². The molecule has 1 aromatic carbocycles. The summed E-state index contributed by atoms with van der Waals surface area (Å²) in [7, 11) is 0. The van der Waals surface area contributed by atoms with E-state index in [0.717, 1.165) is 24.2 Å². The standard InChI is InChI=1S/C12H16N2O/c1-2-15-11-6-4-3-5-10(11)12(13)14-9-7-8-9/h3-6,9H,2,7-8H2,1H3,(H2,13,14). The summed E-state index contributed by atoms with van der Waals surface area (Å²) < 4.78 is 5.50. The Morgan fingerprint density at radius 2 is 2.20 bits per heavy atom. The van der Waals surface area contributed by atoms with Gasteiger partial charge in [-0.3, -0.25) is 4.99 Å². The van der Waals surface area contributed by atoms with Crippen LogP contribution < -0.4 is 10.5 Å². The van der Waals surface area contributed by atoms with Crippen molar-refractivity contribution in [3.63, 3.8) is 0 Å². The van der Waals surface area contributed by atoms with Crippen LogP contribution in [-0.2, 0) is 0 Å². The minimum Gasteiger partial charge on any atom is -0.493 e. The molecule has 3 heteroatoms. The summed E-state index contributed by atoms with van der Waals surface area (Å²) in [6, 6.07) is 8.21. The molecule has 1 aromatic rings. The first kappa shape index (κ1) is 10.0. The minimum absolute atomic E-state index is 0.444. The smallest absolute Gasteiger partial charge is 0.130 e. The van der Waals surface area contributed by atoms with Gasteiger partial charge in [-0.15, -0.1) is 0 Å². The Bertz CT molecular complexity index is 370. The molecule has 0 unspecified atom stereocenters. The van der Waals surface area contributed by atoms with Crippen molar-refractivity contribution in [2.45, 2.75) is 25.8 Å². The van der Waals surface area contributed by atoms with Crippen LogP contribution in [-0.4, -0.2) is 18.5 Å². The highest BCUT2D eigenvalue weighted by Gasteiger charge is 2.21. The molecule has 0 heterocycles. The second-order valence-corrected chi connectivity index (χ2v) is 3.67. The van der Waals surface area contributed by atoms with Crippen LogP contribution in [0.2, 0.25) is 0 Å². The van der Waals surface area contributed by atoms with Crippen LogP contribution in [0.15, 0.2) is 29.3 Å². The van der Waals surface area contributed by atoms with E-state index in [1.807, 2.05) is 31.2 Å². The van der Waals surface area contributed by atoms with Gasteiger partial charge in [-0.2, -0.15) is 0 Å². The molecule has 0 aliphatic heterocycles. The fourth-order valence-electron chi connectivity index (χ4n) is 1.43. The second kappa shape index (κ2) is 4.34. The number of nitrogens with zero attached hydrogens (tertiary/aromatic N) is 1. The van der Waals surface area contributed by atoms with Crippen molar-refractivity contribution in [2.24, 2.45) is 10.7 Å². The first-order valence-corrected chi connectivity index (χ1v) is 5.36. The quantitative estimate of drug-likeness (QED) is 0.602. The predicted molar refractivity (Wildman–Crippen MR) is 61.4 cm³/mol. The molecule has 2 rings (SSSR count). The zero-order valence-corrected chi connectivity index (χ0v) is 8.94. The number of amidine groups is 1. The molecular weight excluding hydrogens is 188 g/mol. The zero-order chi connectivity index (χ0) is 10.7. The van der Waals surface area contributed by atoms with Crippen LogP contribution >= 0.6 is 0 Å². The maximum absolute atomic E-state index is 5.94. The lowest BCUT2D eigenvalue weighted by Gasteiger charge is -2.09. The second-order valence-electron chi connectivity index (χ2n) is 3.67. The summed E-state index contributed by atoms with van der Waals surface area (Å²) in [4.78, 5) is 4.42. The lowest BCUT2D eigenvalue weighted by Crippen LogP contribution is -2.15. The molecule has 1 fully saturated rings. The highest BCUT2D eigenvalue weighted by molar-refractivity contribution is 6.00. The van der Waals surface area contributed by atoms with Crippen molar-refractivity contribution in [1.82, 2.24) is 0 Å². The van der Waals surface area contributed by atoms with Crippen LogP contribution in [0.3, 0.4) is 0 Å². The fourth-order valence-corrected chi connectivity index (χ4v) is 1.43. The first-order valence-electron chi connectivity index (χ1n) is 5.36. The molecule has 2 N–H and O–H groups in total. The van der Waals surface area contributed by atoms with Gasteiger partial charge >= 0.3 is 0 Å². The average Bonchev–Trinajstić information content (AvgIpc) is 3.03. The topological polar surface area (TPSA) is 47.6 Å². The molecule has 3 nitrogen and oxygen atoms in total. The van der Waals surface area contributed by atoms with Crippen molar-refractivity contribution in [3.8, 4) is 5.75 Å². The van der Waals surface area contributed by atoms with E-state index in [4.69, 9.17) is 10.5 Å². The molecule has 1 aliphatic rings. The Morgan fingerprint density at radius 1 is 1.47 bits per heavy atom. The predicted octanol–water partition coefficient (Wildman–Crippen LogP) is 1.95. The third-order valence-electron chi connectivity index (χ3n) is 2.33. The van der Waals surface area contributed by atoms with Crippen molar-refractivity contribution in [3.05, 3.63) is 29.8 Å². The van der Waals surface area contributed by atoms with Gasteiger partial charge in [0.15, 0.2) is 0 Å². The first-order chi connectivity index (χ1) is 7.31. The molecule has 0 saturated heterocycles. The summed E-state index contributed by atoms with van der Waals surface area (Å²) in [5, 5.41) is 0. The van der Waals surface area contributed by atoms with Crippen molar-refractivity contribution in [1.29, 1.82) is 0 Å². The summed E-state index contributed by atoms with van der Waals surface area (Å²) in [5.41, 5.74) is 6.85. The molecule has 15 heavy (non-hydrogen) atoms. The highest BCUT2D eigenvalue weighted by Crippen LogP contribution is 2.25. The number of para-hydroxylation sites is 1. The van der Waals surface area contributed by atoms with Crippen LogP contribution in [0.5, 0.6) is 5.75 Å². The normalized spacial score (nSPS) is 16.5. The van der Waals surface area contributed by atoms with Gasteiger partial charge in [0.25, 0.3) is 0 Å². The van der Waals surface area contributed by atoms with E-state index in [1.54, 1.807) is 0 Å². The van der Waals surface area contributed by atoms with Gasteiger partial charge in [-0.25, -0.2) is 0 Å². The van der Waals surface area contributed by atoms with E-state index in [9.17, 15) is 0 Å². The molecule has 80 valence electrons. The van der Waals surface area contributed by atoms with Crippen molar-refractivity contribution >= 4 is 5.84 Å². The number of hydrogen-bond donors (Lipinski definition) is 1. The Labute approximate surface area is 90.0 Å². The fraction of sp³-hybridized carbons (Fsp3) is 0.417. The Kier molecular flexibility index (Phi) is 2.90. The number of benzene rings is 1. The van der Waals surface area contributed by atoms with E-state index in [2.05, 4.69) is 4.99 Å². The highest BCUT2D eigenvalue weighted by atomic mass is 16.5. The third-order valence-corrected chi connectivity index (χ3v) is 2.33. The number of nitrogens with two attached hydrogens (primary N) is 1. The Morgan fingerprint density at radius 3 is 2.87 bits per heavy atom. The van der Waals surface area contributed by atoms with Gasteiger partial charge in [-0.05, 0) is 31.9 Å². The van der Waals surface area contributed by atoms with Crippen LogP contribution in [0.1, 0.15) is 25.3 Å². The van der Waals surface area contributed by atoms with Crippen LogP contribution in [0.4, 0.5) is 0 Å². The number of ether oxygens (including phenoxy) is 1. The van der Waals surface area contributed by atoms with Gasteiger partial charge < -0.3 is 10.5 Å². The monoisotopic (exact) mass is 204 g/mol. The Hall–Kier alpha value is -1.51. The van der Waals surface area contributed by atoms with Gasteiger partial charge in [0.1, 0.15) is 11.6 Å². The molecule has 0 spiro atoms. The summed E-state index contributed by atoms with van der Waals surface area (Å²) in [6.07, 6.45) is 2.33. The van der Waals surface area contributed by atoms with Gasteiger partial charge in [0.2, 0.25) is 0 Å². The molecule has 0 atom stereocenters. The number of aliphatic imine (C=N–C) groups is 1. The Balaban J connectivity index is 2.24.